The molecule has 0 radical (unpaired) electrons. The van der Waals surface area contributed by atoms with Gasteiger partial charge in [-0.05, 0) is 61.8 Å². The van der Waals surface area contributed by atoms with Crippen molar-refractivity contribution in [3.8, 4) is 5.69 Å². The van der Waals surface area contributed by atoms with Crippen LogP contribution in [0.4, 0.5) is 24.5 Å². The fourth-order valence-electron chi connectivity index (χ4n) is 4.12. The lowest BCUT2D eigenvalue weighted by Crippen LogP contribution is -2.17. The van der Waals surface area contributed by atoms with Crippen LogP contribution in [0.3, 0.4) is 0 Å². The average molecular weight is 485 g/mol. The van der Waals surface area contributed by atoms with Crippen LogP contribution in [0.1, 0.15) is 42.7 Å². The predicted octanol–water partition coefficient (Wildman–Crippen LogP) is 5.01. The molecular weight excluding hydrogens is 457 g/mol. The van der Waals surface area contributed by atoms with Gasteiger partial charge in [-0.2, -0.15) is 13.2 Å². The number of carbonyl (C=O) groups excluding carboxylic acids is 1. The minimum atomic E-state index is -4.53. The Balaban J connectivity index is 1.79. The van der Waals surface area contributed by atoms with E-state index in [-0.39, 0.29) is 30.0 Å². The summed E-state index contributed by atoms with van der Waals surface area (Å²) in [7, 11) is 3.89. The van der Waals surface area contributed by atoms with Crippen molar-refractivity contribution >= 4 is 23.0 Å². The second-order valence-electron chi connectivity index (χ2n) is 9.33. The molecule has 4 rings (SSSR count). The molecule has 1 aliphatic rings. The summed E-state index contributed by atoms with van der Waals surface area (Å²) in [5, 5.41) is 10.8. The largest absolute Gasteiger partial charge is 0.416 e. The van der Waals surface area contributed by atoms with E-state index < -0.39 is 17.6 Å². The first-order valence-electron chi connectivity index (χ1n) is 11.3. The molecule has 0 saturated heterocycles. The Kier molecular flexibility index (Phi) is 6.75. The number of alkyl halides is 3. The number of hydrogen-bond acceptors (Lipinski definition) is 5. The van der Waals surface area contributed by atoms with Crippen molar-refractivity contribution in [2.24, 2.45) is 10.9 Å². The molecule has 0 aliphatic carbocycles. The van der Waals surface area contributed by atoms with Gasteiger partial charge in [0.2, 0.25) is 5.91 Å². The summed E-state index contributed by atoms with van der Waals surface area (Å²) in [5.74, 6) is -0.402. The molecule has 2 aromatic carbocycles. The number of rotatable bonds is 6. The molecule has 1 N–H and O–H groups in total. The molecule has 7 nitrogen and oxygen atoms in total. The maximum Gasteiger partial charge on any atom is 0.416 e. The predicted molar refractivity (Wildman–Crippen MR) is 128 cm³/mol. The number of amides is 1. The van der Waals surface area contributed by atoms with Crippen LogP contribution in [-0.2, 0) is 23.9 Å². The van der Waals surface area contributed by atoms with Crippen LogP contribution in [0.2, 0.25) is 0 Å². The quantitative estimate of drug-likeness (QED) is 0.534. The van der Waals surface area contributed by atoms with Gasteiger partial charge >= 0.3 is 6.18 Å². The lowest BCUT2D eigenvalue weighted by Gasteiger charge is -2.17. The van der Waals surface area contributed by atoms with Gasteiger partial charge in [0.1, 0.15) is 0 Å². The van der Waals surface area contributed by atoms with Crippen LogP contribution >= 0.6 is 0 Å². The smallest absolute Gasteiger partial charge is 0.324 e. The van der Waals surface area contributed by atoms with Gasteiger partial charge in [0, 0.05) is 6.54 Å². The van der Waals surface area contributed by atoms with E-state index in [4.69, 9.17) is 0 Å². The number of fused-ring (bicyclic) bond motifs is 1. The van der Waals surface area contributed by atoms with Gasteiger partial charge in [0.15, 0.2) is 0 Å². The van der Waals surface area contributed by atoms with Crippen molar-refractivity contribution in [3.05, 3.63) is 65.0 Å². The summed E-state index contributed by atoms with van der Waals surface area (Å²) in [4.78, 5) is 19.3. The summed E-state index contributed by atoms with van der Waals surface area (Å²) < 4.78 is 42.9. The van der Waals surface area contributed by atoms with Gasteiger partial charge in [-0.1, -0.05) is 31.2 Å². The first-order valence-corrected chi connectivity index (χ1v) is 11.3. The lowest BCUT2D eigenvalue weighted by molar-refractivity contribution is -0.138. The number of aliphatic imine (C=N–C) groups is 1. The van der Waals surface area contributed by atoms with Crippen LogP contribution in [0.5, 0.6) is 0 Å². The highest BCUT2D eigenvalue weighted by Gasteiger charge is 2.35. The third kappa shape index (κ3) is 5.59. The zero-order valence-electron chi connectivity index (χ0n) is 20.0. The van der Waals surface area contributed by atoms with Gasteiger partial charge in [-0.15, -0.1) is 5.10 Å². The SMILES string of the molecule is CC(C)Cc1cc2c(cc1C(F)(F)F)NC(=O)CC(c1cccc(-n3nncc3CN(C)C)c1)=N2. The number of halogens is 3. The molecule has 3 aromatic rings. The normalized spacial score (nSPS) is 14.1. The first-order chi connectivity index (χ1) is 16.5. The van der Waals surface area contributed by atoms with Crippen molar-refractivity contribution in [1.29, 1.82) is 0 Å². The third-order valence-electron chi connectivity index (χ3n) is 5.53. The van der Waals surface area contributed by atoms with E-state index in [0.717, 1.165) is 17.4 Å². The summed E-state index contributed by atoms with van der Waals surface area (Å²) in [6.45, 7) is 4.36. The van der Waals surface area contributed by atoms with Crippen LogP contribution in [-0.4, -0.2) is 45.6 Å². The number of nitrogens with zero attached hydrogens (tertiary/aromatic N) is 5. The van der Waals surface area contributed by atoms with Crippen molar-refractivity contribution in [3.63, 3.8) is 0 Å². The number of nitrogens with one attached hydrogen (secondary N) is 1. The van der Waals surface area contributed by atoms with Crippen molar-refractivity contribution < 1.29 is 18.0 Å². The Labute approximate surface area is 201 Å². The summed E-state index contributed by atoms with van der Waals surface area (Å²) in [5.41, 5.74) is 2.57. The zero-order valence-corrected chi connectivity index (χ0v) is 20.0. The van der Waals surface area contributed by atoms with Crippen LogP contribution in [0.15, 0.2) is 47.6 Å². The molecule has 0 spiro atoms. The molecule has 35 heavy (non-hydrogen) atoms. The molecule has 0 fully saturated rings. The molecule has 0 saturated carbocycles. The lowest BCUT2D eigenvalue weighted by atomic mass is 9.96. The maximum absolute atomic E-state index is 13.7. The molecule has 1 aliphatic heterocycles. The van der Waals surface area contributed by atoms with E-state index in [1.54, 1.807) is 10.9 Å². The number of anilines is 1. The minimum Gasteiger partial charge on any atom is -0.324 e. The number of benzene rings is 2. The monoisotopic (exact) mass is 484 g/mol. The molecule has 0 unspecified atom stereocenters. The summed E-state index contributed by atoms with van der Waals surface area (Å²) in [6.07, 6.45) is -2.66. The average Bonchev–Trinajstić information content (AvgIpc) is 3.13. The van der Waals surface area contributed by atoms with Crippen LogP contribution < -0.4 is 5.32 Å². The van der Waals surface area contributed by atoms with Crippen molar-refractivity contribution in [2.45, 2.75) is 39.4 Å². The number of hydrogen-bond donors (Lipinski definition) is 1. The third-order valence-corrected chi connectivity index (χ3v) is 5.53. The Morgan fingerprint density at radius 2 is 1.94 bits per heavy atom. The highest BCUT2D eigenvalue weighted by Crippen LogP contribution is 2.40. The van der Waals surface area contributed by atoms with E-state index in [1.165, 1.54) is 6.07 Å². The summed E-state index contributed by atoms with van der Waals surface area (Å²) in [6, 6.07) is 9.82. The molecule has 1 aromatic heterocycles. The number of aromatic nitrogens is 3. The first kappa shape index (κ1) is 24.6. The standard InChI is InChI=1S/C25H27F3N6O/c1-15(2)8-17-10-22-23(11-20(17)25(26,27)28)31-24(35)12-21(30-22)16-6-5-7-18(9-16)34-19(13-29-32-34)14-33(3)4/h5-7,9-11,13,15H,8,12,14H2,1-4H3,(H,31,35). The Hall–Kier alpha value is -3.53. The van der Waals surface area contributed by atoms with E-state index in [0.29, 0.717) is 23.5 Å². The molecule has 1 amide bonds. The van der Waals surface area contributed by atoms with Gasteiger partial charge in [0.05, 0.1) is 46.6 Å². The van der Waals surface area contributed by atoms with E-state index >= 15 is 0 Å². The summed E-state index contributed by atoms with van der Waals surface area (Å²) >= 11 is 0. The van der Waals surface area contributed by atoms with Gasteiger partial charge in [-0.25, -0.2) is 4.68 Å². The number of carbonyl (C=O) groups is 1. The Bertz CT molecular complexity index is 1280. The van der Waals surface area contributed by atoms with Gasteiger partial charge in [0.25, 0.3) is 0 Å². The minimum absolute atomic E-state index is 0.0219. The highest BCUT2D eigenvalue weighted by molar-refractivity contribution is 6.17. The topological polar surface area (TPSA) is 75.4 Å². The second-order valence-corrected chi connectivity index (χ2v) is 9.33. The fraction of sp³-hybridized carbons (Fsp3) is 0.360. The highest BCUT2D eigenvalue weighted by atomic mass is 19.4. The molecule has 0 bridgehead atoms. The molecule has 10 heteroatoms. The molecular formula is C25H27F3N6O. The van der Waals surface area contributed by atoms with Crippen molar-refractivity contribution in [2.75, 3.05) is 19.4 Å². The maximum atomic E-state index is 13.7. The van der Waals surface area contributed by atoms with E-state index in [1.807, 2.05) is 57.1 Å². The second kappa shape index (κ2) is 9.61. The van der Waals surface area contributed by atoms with Gasteiger partial charge < -0.3 is 10.2 Å². The van der Waals surface area contributed by atoms with Crippen LogP contribution in [0.25, 0.3) is 5.69 Å². The van der Waals surface area contributed by atoms with E-state index in [2.05, 4.69) is 20.6 Å². The molecule has 2 heterocycles. The molecule has 0 atom stereocenters. The fourth-order valence-corrected chi connectivity index (χ4v) is 4.12. The Morgan fingerprint density at radius 3 is 2.63 bits per heavy atom. The molecule has 184 valence electrons. The Morgan fingerprint density at radius 1 is 1.17 bits per heavy atom. The van der Waals surface area contributed by atoms with Crippen LogP contribution in [0, 0.1) is 5.92 Å². The van der Waals surface area contributed by atoms with Gasteiger partial charge in [-0.3, -0.25) is 9.79 Å². The zero-order chi connectivity index (χ0) is 25.3. The van der Waals surface area contributed by atoms with Crippen molar-refractivity contribution in [1.82, 2.24) is 19.9 Å². The van der Waals surface area contributed by atoms with E-state index in [9.17, 15) is 18.0 Å².